The number of carboxylic acids is 1. The lowest BCUT2D eigenvalue weighted by Crippen LogP contribution is -2.56. The summed E-state index contributed by atoms with van der Waals surface area (Å²) in [5.41, 5.74) is -1.49. The number of rotatable bonds is 7. The van der Waals surface area contributed by atoms with E-state index in [-0.39, 0.29) is 11.3 Å². The molecule has 1 unspecified atom stereocenters. The predicted molar refractivity (Wildman–Crippen MR) is 147 cm³/mol. The molecule has 0 bridgehead atoms. The van der Waals surface area contributed by atoms with Crippen LogP contribution in [0.2, 0.25) is 0 Å². The molecule has 39 heavy (non-hydrogen) atoms. The van der Waals surface area contributed by atoms with E-state index in [4.69, 9.17) is 14.2 Å². The number of fused-ring (bicyclic) bond motifs is 1. The maximum absolute atomic E-state index is 13.6. The first-order valence-electron chi connectivity index (χ1n) is 12.5. The van der Waals surface area contributed by atoms with Gasteiger partial charge in [0.15, 0.2) is 6.04 Å². The molecule has 0 saturated heterocycles. The minimum atomic E-state index is -1.55. The number of hydrogen-bond donors (Lipinski definition) is 1. The number of carboxylic acid groups (broad SMARTS) is 1. The smallest absolute Gasteiger partial charge is 0.439 e. The fourth-order valence-corrected chi connectivity index (χ4v) is 3.78. The van der Waals surface area contributed by atoms with Gasteiger partial charge in [-0.3, -0.25) is 9.99 Å². The molecule has 0 spiro atoms. The van der Waals surface area contributed by atoms with Crippen LogP contribution in [0.1, 0.15) is 60.1 Å². The highest BCUT2D eigenvalue weighted by molar-refractivity contribution is 5.94. The number of nitrogens with zero attached hydrogens (tertiary/aromatic N) is 3. The van der Waals surface area contributed by atoms with Crippen LogP contribution in [0.25, 0.3) is 10.8 Å². The Hall–Kier alpha value is -4.34. The molecule has 2 amide bonds. The number of imide groups is 1. The molecule has 1 N–H and O–H groups in total. The van der Waals surface area contributed by atoms with Crippen LogP contribution in [0.4, 0.5) is 15.3 Å². The van der Waals surface area contributed by atoms with E-state index in [1.54, 1.807) is 102 Å². The summed E-state index contributed by atoms with van der Waals surface area (Å²) >= 11 is 0. The van der Waals surface area contributed by atoms with Gasteiger partial charge in [-0.15, -0.1) is 5.01 Å². The van der Waals surface area contributed by atoms with Gasteiger partial charge in [-0.1, -0.05) is 18.2 Å². The lowest BCUT2D eigenvalue weighted by atomic mass is 10.0. The van der Waals surface area contributed by atoms with Crippen LogP contribution in [0.5, 0.6) is 5.75 Å². The van der Waals surface area contributed by atoms with Gasteiger partial charge >= 0.3 is 18.2 Å². The van der Waals surface area contributed by atoms with Gasteiger partial charge in [0.2, 0.25) is 0 Å². The Balaban J connectivity index is 2.31. The first-order chi connectivity index (χ1) is 18.2. The van der Waals surface area contributed by atoms with Gasteiger partial charge in [-0.25, -0.2) is 14.4 Å². The van der Waals surface area contributed by atoms with Gasteiger partial charge in [0.05, 0.1) is 12.3 Å². The molecule has 208 valence electrons. The van der Waals surface area contributed by atoms with Crippen molar-refractivity contribution in [2.75, 3.05) is 11.6 Å². The molecule has 2 aromatic carbocycles. The van der Waals surface area contributed by atoms with E-state index < -0.39 is 35.4 Å². The van der Waals surface area contributed by atoms with E-state index in [1.165, 1.54) is 0 Å². The predicted octanol–water partition coefficient (Wildman–Crippen LogP) is 6.35. The van der Waals surface area contributed by atoms with Crippen molar-refractivity contribution in [2.45, 2.75) is 65.7 Å². The van der Waals surface area contributed by atoms with Crippen LogP contribution in [0, 0.1) is 0 Å². The molecule has 10 heteroatoms. The largest absolute Gasteiger partial charge is 0.494 e. The third kappa shape index (κ3) is 7.59. The number of ether oxygens (including phenoxy) is 3. The topological polar surface area (TPSA) is 119 Å². The second-order valence-electron chi connectivity index (χ2n) is 10.8. The quantitative estimate of drug-likeness (QED) is 0.344. The fourth-order valence-electron chi connectivity index (χ4n) is 3.78. The summed E-state index contributed by atoms with van der Waals surface area (Å²) in [6.07, 6.45) is 1.05. The number of anilines is 1. The van der Waals surface area contributed by atoms with Crippen molar-refractivity contribution in [2.24, 2.45) is 0 Å². The van der Waals surface area contributed by atoms with Gasteiger partial charge in [0.1, 0.15) is 17.0 Å². The number of aromatic nitrogens is 1. The SMILES string of the molecule is CCOc1cccc(C(C(=O)O)N(c2ccc3cnccc3c2)N(C(=O)OC(C)(C)C)C(=O)OC(C)(C)C)c1. The third-order valence-corrected chi connectivity index (χ3v) is 5.20. The molecule has 0 fully saturated rings. The van der Waals surface area contributed by atoms with Crippen molar-refractivity contribution in [3.8, 4) is 5.75 Å². The number of pyridine rings is 1. The zero-order chi connectivity index (χ0) is 29.0. The molecule has 0 aliphatic carbocycles. The molecule has 1 heterocycles. The molecular weight excluding hydrogens is 502 g/mol. The van der Waals surface area contributed by atoms with Crippen LogP contribution in [-0.4, -0.2) is 51.1 Å². The monoisotopic (exact) mass is 537 g/mol. The molecule has 10 nitrogen and oxygen atoms in total. The van der Waals surface area contributed by atoms with Crippen LogP contribution in [0.15, 0.2) is 60.9 Å². The first-order valence-corrected chi connectivity index (χ1v) is 12.5. The first kappa shape index (κ1) is 29.2. The summed E-state index contributed by atoms with van der Waals surface area (Å²) in [6, 6.07) is 11.7. The molecule has 3 rings (SSSR count). The Morgan fingerprint density at radius 3 is 2.10 bits per heavy atom. The average Bonchev–Trinajstić information content (AvgIpc) is 2.81. The third-order valence-electron chi connectivity index (χ3n) is 5.20. The molecule has 1 atom stereocenters. The van der Waals surface area contributed by atoms with Crippen molar-refractivity contribution < 1.29 is 33.7 Å². The number of benzene rings is 2. The van der Waals surface area contributed by atoms with Crippen LogP contribution in [-0.2, 0) is 14.3 Å². The second kappa shape index (κ2) is 11.6. The minimum absolute atomic E-state index is 0.236. The fraction of sp³-hybridized carbons (Fsp3) is 0.379. The Kier molecular flexibility index (Phi) is 8.68. The van der Waals surface area contributed by atoms with Crippen LogP contribution in [0.3, 0.4) is 0 Å². The van der Waals surface area contributed by atoms with Crippen LogP contribution < -0.4 is 9.75 Å². The van der Waals surface area contributed by atoms with Crippen molar-refractivity contribution in [3.05, 3.63) is 66.5 Å². The number of hydrazine groups is 1. The van der Waals surface area contributed by atoms with Crippen molar-refractivity contribution in [1.29, 1.82) is 0 Å². The molecule has 1 aromatic heterocycles. The zero-order valence-corrected chi connectivity index (χ0v) is 23.3. The Bertz CT molecular complexity index is 1320. The highest BCUT2D eigenvalue weighted by Gasteiger charge is 2.42. The normalized spacial score (nSPS) is 12.4. The van der Waals surface area contributed by atoms with Crippen molar-refractivity contribution in [3.63, 3.8) is 0 Å². The Morgan fingerprint density at radius 2 is 1.54 bits per heavy atom. The van der Waals surface area contributed by atoms with E-state index in [1.807, 2.05) is 6.92 Å². The van der Waals surface area contributed by atoms with Crippen molar-refractivity contribution >= 4 is 34.6 Å². The summed E-state index contributed by atoms with van der Waals surface area (Å²) in [4.78, 5) is 44.3. The van der Waals surface area contributed by atoms with Gasteiger partial charge in [0.25, 0.3) is 0 Å². The van der Waals surface area contributed by atoms with Gasteiger partial charge in [0, 0.05) is 17.8 Å². The van der Waals surface area contributed by atoms with E-state index in [0.29, 0.717) is 22.8 Å². The van der Waals surface area contributed by atoms with E-state index >= 15 is 0 Å². The summed E-state index contributed by atoms with van der Waals surface area (Å²) in [6.45, 7) is 12.0. The Morgan fingerprint density at radius 1 is 0.897 bits per heavy atom. The summed E-state index contributed by atoms with van der Waals surface area (Å²) in [7, 11) is 0. The lowest BCUT2D eigenvalue weighted by molar-refractivity contribution is -0.139. The number of amides is 2. The molecular formula is C29H35N3O7. The Labute approximate surface area is 228 Å². The van der Waals surface area contributed by atoms with Gasteiger partial charge < -0.3 is 19.3 Å². The lowest BCUT2D eigenvalue weighted by Gasteiger charge is -2.39. The highest BCUT2D eigenvalue weighted by atomic mass is 16.6. The highest BCUT2D eigenvalue weighted by Crippen LogP contribution is 2.34. The van der Waals surface area contributed by atoms with E-state index in [2.05, 4.69) is 4.98 Å². The molecule has 0 radical (unpaired) electrons. The summed E-state index contributed by atoms with van der Waals surface area (Å²) in [5.74, 6) is -0.887. The molecule has 3 aromatic rings. The summed E-state index contributed by atoms with van der Waals surface area (Å²) < 4.78 is 16.7. The minimum Gasteiger partial charge on any atom is -0.494 e. The number of carbonyl (C=O) groups excluding carboxylic acids is 2. The standard InChI is InChI=1S/C29H35N3O7/c1-8-37-23-11-9-10-20(17-23)24(25(33)34)31(22-13-12-21-18-30-15-14-19(21)16-22)32(26(35)38-28(2,3)4)27(36)39-29(5,6)7/h9-18,24H,8H2,1-7H3,(H,33,34). The molecule has 0 aliphatic heterocycles. The average molecular weight is 538 g/mol. The maximum atomic E-state index is 13.6. The second-order valence-corrected chi connectivity index (χ2v) is 10.8. The van der Waals surface area contributed by atoms with Gasteiger partial charge in [-0.2, -0.15) is 0 Å². The maximum Gasteiger partial charge on any atom is 0.439 e. The molecule has 0 saturated carbocycles. The number of aliphatic carboxylic acids is 1. The van der Waals surface area contributed by atoms with Crippen LogP contribution >= 0.6 is 0 Å². The summed E-state index contributed by atoms with van der Waals surface area (Å²) in [5, 5.41) is 13.7. The number of carbonyl (C=O) groups is 3. The van der Waals surface area contributed by atoms with E-state index in [9.17, 15) is 19.5 Å². The zero-order valence-electron chi connectivity index (χ0n) is 23.3. The number of hydrogen-bond acceptors (Lipinski definition) is 8. The molecule has 0 aliphatic rings. The van der Waals surface area contributed by atoms with E-state index in [0.717, 1.165) is 10.4 Å². The van der Waals surface area contributed by atoms with Crippen molar-refractivity contribution in [1.82, 2.24) is 9.99 Å². The van der Waals surface area contributed by atoms with Gasteiger partial charge in [-0.05, 0) is 89.7 Å².